The smallest absolute Gasteiger partial charge is 0.226 e. The van der Waals surface area contributed by atoms with Gasteiger partial charge in [-0.25, -0.2) is 4.98 Å². The van der Waals surface area contributed by atoms with Crippen molar-refractivity contribution in [2.75, 3.05) is 0 Å². The molecule has 0 unspecified atom stereocenters. The van der Waals surface area contributed by atoms with Gasteiger partial charge in [-0.1, -0.05) is 17.3 Å². The van der Waals surface area contributed by atoms with Crippen LogP contribution >= 0.6 is 0 Å². The van der Waals surface area contributed by atoms with Gasteiger partial charge in [0.1, 0.15) is 11.8 Å². The highest BCUT2D eigenvalue weighted by molar-refractivity contribution is 5.86. The summed E-state index contributed by atoms with van der Waals surface area (Å²) >= 11 is 0. The summed E-state index contributed by atoms with van der Waals surface area (Å²) in [7, 11) is 0. The molecule has 0 atom stereocenters. The first kappa shape index (κ1) is 16.6. The topological polar surface area (TPSA) is 77.3 Å². The summed E-state index contributed by atoms with van der Waals surface area (Å²) in [5.74, 6) is 0.533. The largest absolute Gasteiger partial charge is 0.474 e. The van der Waals surface area contributed by atoms with E-state index in [-0.39, 0.29) is 18.4 Å². The van der Waals surface area contributed by atoms with Gasteiger partial charge in [0.25, 0.3) is 0 Å². The van der Waals surface area contributed by atoms with Crippen LogP contribution in [0.3, 0.4) is 0 Å². The molecule has 0 saturated heterocycles. The molecule has 1 N–H and O–H groups in total. The summed E-state index contributed by atoms with van der Waals surface area (Å²) in [5.41, 5.74) is 2.31. The van der Waals surface area contributed by atoms with E-state index in [1.165, 1.54) is 12.8 Å². The normalized spacial score (nSPS) is 14.6. The number of nitrogens with zero attached hydrogens (tertiary/aromatic N) is 2. The number of rotatable bonds is 6. The van der Waals surface area contributed by atoms with Gasteiger partial charge in [0.2, 0.25) is 11.8 Å². The average Bonchev–Trinajstić information content (AvgIpc) is 3.31. The Morgan fingerprint density at radius 2 is 2.08 bits per heavy atom. The molecule has 134 valence electrons. The summed E-state index contributed by atoms with van der Waals surface area (Å²) < 4.78 is 11.1. The third-order valence-electron chi connectivity index (χ3n) is 4.66. The molecule has 0 radical (unpaired) electrons. The monoisotopic (exact) mass is 351 g/mol. The maximum absolute atomic E-state index is 12.3. The number of benzene rings is 1. The third kappa shape index (κ3) is 3.85. The fraction of sp³-hybridized carbons (Fsp3) is 0.350. The van der Waals surface area contributed by atoms with Crippen molar-refractivity contribution in [3.63, 3.8) is 0 Å². The van der Waals surface area contributed by atoms with Crippen LogP contribution in [0.5, 0.6) is 5.88 Å². The molecule has 3 aromatic rings. The van der Waals surface area contributed by atoms with Crippen molar-refractivity contribution in [3.8, 4) is 5.88 Å². The second kappa shape index (κ2) is 7.56. The Labute approximate surface area is 151 Å². The third-order valence-corrected chi connectivity index (χ3v) is 4.66. The molecule has 1 aliphatic carbocycles. The molecule has 2 heterocycles. The van der Waals surface area contributed by atoms with Gasteiger partial charge >= 0.3 is 0 Å². The summed E-state index contributed by atoms with van der Waals surface area (Å²) in [6, 6.07) is 11.3. The minimum atomic E-state index is -0.0980. The SMILES string of the molecule is O=C(Cc1noc2ccccc12)NCc1ccnc(OC2CCCC2)c1. The average molecular weight is 351 g/mol. The van der Waals surface area contributed by atoms with E-state index in [0.717, 1.165) is 23.8 Å². The molecule has 1 aliphatic rings. The number of nitrogens with one attached hydrogen (secondary N) is 1. The van der Waals surface area contributed by atoms with E-state index in [1.54, 1.807) is 6.20 Å². The molecule has 4 rings (SSSR count). The van der Waals surface area contributed by atoms with Crippen LogP contribution in [-0.2, 0) is 17.8 Å². The van der Waals surface area contributed by atoms with E-state index >= 15 is 0 Å². The Balaban J connectivity index is 1.34. The second-order valence-corrected chi connectivity index (χ2v) is 6.61. The number of hydrogen-bond acceptors (Lipinski definition) is 5. The van der Waals surface area contributed by atoms with Crippen LogP contribution in [0.2, 0.25) is 0 Å². The van der Waals surface area contributed by atoms with Crippen molar-refractivity contribution < 1.29 is 14.1 Å². The molecule has 6 heteroatoms. The Bertz CT molecular complexity index is 900. The molecule has 2 aromatic heterocycles. The Kier molecular flexibility index (Phi) is 4.82. The number of carbonyl (C=O) groups is 1. The number of ether oxygens (including phenoxy) is 1. The van der Waals surface area contributed by atoms with E-state index in [1.807, 2.05) is 36.4 Å². The van der Waals surface area contributed by atoms with Gasteiger partial charge in [0.15, 0.2) is 5.58 Å². The molecule has 1 aromatic carbocycles. The van der Waals surface area contributed by atoms with Gasteiger partial charge < -0.3 is 14.6 Å². The molecule has 26 heavy (non-hydrogen) atoms. The number of aromatic nitrogens is 2. The summed E-state index contributed by atoms with van der Waals surface area (Å²) in [4.78, 5) is 16.5. The van der Waals surface area contributed by atoms with Gasteiger partial charge in [-0.2, -0.15) is 0 Å². The fourth-order valence-electron chi connectivity index (χ4n) is 3.28. The second-order valence-electron chi connectivity index (χ2n) is 6.61. The summed E-state index contributed by atoms with van der Waals surface area (Å²) in [6.45, 7) is 0.429. The van der Waals surface area contributed by atoms with Crippen LogP contribution in [0.15, 0.2) is 47.1 Å². The molecule has 0 bridgehead atoms. The van der Waals surface area contributed by atoms with Crippen LogP contribution in [-0.4, -0.2) is 22.2 Å². The zero-order valence-electron chi connectivity index (χ0n) is 14.5. The first-order valence-corrected chi connectivity index (χ1v) is 8.99. The van der Waals surface area contributed by atoms with Gasteiger partial charge in [-0.15, -0.1) is 0 Å². The first-order chi connectivity index (χ1) is 12.8. The molecule has 0 spiro atoms. The Morgan fingerprint density at radius 3 is 2.96 bits per heavy atom. The van der Waals surface area contributed by atoms with Crippen molar-refractivity contribution in [1.29, 1.82) is 0 Å². The lowest BCUT2D eigenvalue weighted by Gasteiger charge is -2.12. The van der Waals surface area contributed by atoms with E-state index in [4.69, 9.17) is 9.26 Å². The number of amides is 1. The standard InChI is InChI=1S/C20H21N3O3/c24-19(12-17-16-7-3-4-8-18(16)26-23-17)22-13-14-9-10-21-20(11-14)25-15-5-1-2-6-15/h3-4,7-11,15H,1-2,5-6,12-13H2,(H,22,24). The maximum Gasteiger partial charge on any atom is 0.226 e. The van der Waals surface area contributed by atoms with Crippen molar-refractivity contribution in [3.05, 3.63) is 53.9 Å². The molecule has 1 saturated carbocycles. The van der Waals surface area contributed by atoms with Crippen LogP contribution in [0.4, 0.5) is 0 Å². The molecular formula is C20H21N3O3. The van der Waals surface area contributed by atoms with E-state index < -0.39 is 0 Å². The van der Waals surface area contributed by atoms with Gasteiger partial charge in [-0.3, -0.25) is 4.79 Å². The number of hydrogen-bond donors (Lipinski definition) is 1. The molecule has 1 amide bonds. The van der Waals surface area contributed by atoms with Crippen molar-refractivity contribution in [1.82, 2.24) is 15.5 Å². The number of pyridine rings is 1. The predicted molar refractivity (Wildman–Crippen MR) is 96.7 cm³/mol. The van der Waals surface area contributed by atoms with Crippen LogP contribution < -0.4 is 10.1 Å². The Morgan fingerprint density at radius 1 is 1.23 bits per heavy atom. The maximum atomic E-state index is 12.3. The zero-order chi connectivity index (χ0) is 17.8. The fourth-order valence-corrected chi connectivity index (χ4v) is 3.28. The van der Waals surface area contributed by atoms with Crippen LogP contribution in [0.1, 0.15) is 36.9 Å². The highest BCUT2D eigenvalue weighted by Gasteiger charge is 2.17. The minimum absolute atomic E-state index is 0.0980. The zero-order valence-corrected chi connectivity index (χ0v) is 14.5. The molecule has 1 fully saturated rings. The number of fused-ring (bicyclic) bond motifs is 1. The van der Waals surface area contributed by atoms with E-state index in [9.17, 15) is 4.79 Å². The van der Waals surface area contributed by atoms with Crippen LogP contribution in [0, 0.1) is 0 Å². The lowest BCUT2D eigenvalue weighted by Crippen LogP contribution is -2.24. The van der Waals surface area contributed by atoms with Gasteiger partial charge in [0.05, 0.1) is 6.42 Å². The molecular weight excluding hydrogens is 330 g/mol. The summed E-state index contributed by atoms with van der Waals surface area (Å²) in [6.07, 6.45) is 6.80. The molecule has 0 aliphatic heterocycles. The van der Waals surface area contributed by atoms with Crippen molar-refractivity contribution >= 4 is 16.9 Å². The lowest BCUT2D eigenvalue weighted by molar-refractivity contribution is -0.120. The van der Waals surface area contributed by atoms with Crippen LogP contribution in [0.25, 0.3) is 11.0 Å². The highest BCUT2D eigenvalue weighted by atomic mass is 16.5. The Hall–Kier alpha value is -2.89. The van der Waals surface area contributed by atoms with Crippen molar-refractivity contribution in [2.45, 2.75) is 44.8 Å². The summed E-state index contributed by atoms with van der Waals surface area (Å²) in [5, 5.41) is 7.79. The quantitative estimate of drug-likeness (QED) is 0.736. The predicted octanol–water partition coefficient (Wildman–Crippen LogP) is 3.40. The highest BCUT2D eigenvalue weighted by Crippen LogP contribution is 2.23. The first-order valence-electron chi connectivity index (χ1n) is 8.99. The molecule has 6 nitrogen and oxygen atoms in total. The van der Waals surface area contributed by atoms with Crippen molar-refractivity contribution in [2.24, 2.45) is 0 Å². The lowest BCUT2D eigenvalue weighted by atomic mass is 10.1. The minimum Gasteiger partial charge on any atom is -0.474 e. The number of carbonyl (C=O) groups excluding carboxylic acids is 1. The van der Waals surface area contributed by atoms with Gasteiger partial charge in [-0.05, 0) is 49.4 Å². The van der Waals surface area contributed by atoms with E-state index in [2.05, 4.69) is 15.5 Å². The number of para-hydroxylation sites is 1. The van der Waals surface area contributed by atoms with Gasteiger partial charge in [0, 0.05) is 24.2 Å². The van der Waals surface area contributed by atoms with E-state index in [0.29, 0.717) is 23.7 Å².